The molecule has 2 heterocycles. The second-order valence-corrected chi connectivity index (χ2v) is 9.00. The van der Waals surface area contributed by atoms with Crippen molar-refractivity contribution in [1.29, 1.82) is 0 Å². The summed E-state index contributed by atoms with van der Waals surface area (Å²) in [5.74, 6) is 0.0332. The number of carbonyl (C=O) groups excluding carboxylic acids is 2. The van der Waals surface area contributed by atoms with Crippen LogP contribution in [0.25, 0.3) is 11.3 Å². The van der Waals surface area contributed by atoms with Gasteiger partial charge in [-0.15, -0.1) is 11.3 Å². The Morgan fingerprint density at radius 3 is 2.80 bits per heavy atom. The van der Waals surface area contributed by atoms with E-state index >= 15 is 0 Å². The van der Waals surface area contributed by atoms with Gasteiger partial charge in [0.25, 0.3) is 11.8 Å². The average Bonchev–Trinajstić information content (AvgIpc) is 3.27. The van der Waals surface area contributed by atoms with Gasteiger partial charge >= 0.3 is 0 Å². The van der Waals surface area contributed by atoms with Gasteiger partial charge in [-0.1, -0.05) is 48.3 Å². The van der Waals surface area contributed by atoms with Crippen LogP contribution in [0.2, 0.25) is 5.02 Å². The lowest BCUT2D eigenvalue weighted by molar-refractivity contribution is 0.1000. The molecule has 0 radical (unpaired) electrons. The smallest absolute Gasteiger partial charge is 0.262 e. The van der Waals surface area contributed by atoms with E-state index in [1.165, 1.54) is 11.3 Å². The maximum absolute atomic E-state index is 13.2. The summed E-state index contributed by atoms with van der Waals surface area (Å²) < 4.78 is 5.29. The highest BCUT2D eigenvalue weighted by Crippen LogP contribution is 2.41. The Bertz CT molecular complexity index is 1130. The number of amides is 2. The summed E-state index contributed by atoms with van der Waals surface area (Å²) in [4.78, 5) is 26.5. The van der Waals surface area contributed by atoms with E-state index in [2.05, 4.69) is 17.4 Å². The van der Waals surface area contributed by atoms with Crippen LogP contribution < -0.4 is 11.1 Å². The lowest BCUT2D eigenvalue weighted by atomic mass is 9.85. The van der Waals surface area contributed by atoms with Gasteiger partial charge in [0.1, 0.15) is 22.0 Å². The van der Waals surface area contributed by atoms with Gasteiger partial charge in [-0.05, 0) is 43.7 Å². The Morgan fingerprint density at radius 1 is 1.33 bits per heavy atom. The van der Waals surface area contributed by atoms with Crippen LogP contribution in [0.15, 0.2) is 28.8 Å². The number of hydrogen-bond acceptors (Lipinski definition) is 5. The van der Waals surface area contributed by atoms with Crippen molar-refractivity contribution in [2.24, 2.45) is 11.7 Å². The molecule has 6 nitrogen and oxygen atoms in total. The third-order valence-corrected chi connectivity index (χ3v) is 7.14. The molecular weight excluding hydrogens is 422 g/mol. The number of anilines is 1. The largest absolute Gasteiger partial charge is 0.365 e. The van der Waals surface area contributed by atoms with Crippen molar-refractivity contribution >= 4 is 39.8 Å². The van der Waals surface area contributed by atoms with Crippen molar-refractivity contribution in [3.8, 4) is 11.3 Å². The van der Waals surface area contributed by atoms with Crippen LogP contribution in [-0.2, 0) is 12.8 Å². The van der Waals surface area contributed by atoms with E-state index < -0.39 is 11.8 Å². The molecule has 1 unspecified atom stereocenters. The molecule has 2 amide bonds. The van der Waals surface area contributed by atoms with E-state index in [0.29, 0.717) is 38.5 Å². The Morgan fingerprint density at radius 2 is 2.10 bits per heavy atom. The fraction of sp³-hybridized carbons (Fsp3) is 0.318. The maximum atomic E-state index is 13.2. The summed E-state index contributed by atoms with van der Waals surface area (Å²) in [7, 11) is 0. The topological polar surface area (TPSA) is 98.2 Å². The van der Waals surface area contributed by atoms with Crippen LogP contribution in [0.3, 0.4) is 0 Å². The Balaban J connectivity index is 1.71. The van der Waals surface area contributed by atoms with Gasteiger partial charge in [0.15, 0.2) is 0 Å². The molecule has 0 bridgehead atoms. The van der Waals surface area contributed by atoms with Gasteiger partial charge in [-0.25, -0.2) is 0 Å². The number of aryl methyl sites for hydroxylation is 1. The van der Waals surface area contributed by atoms with Crippen LogP contribution in [0.1, 0.15) is 56.7 Å². The van der Waals surface area contributed by atoms with Gasteiger partial charge < -0.3 is 15.6 Å². The Hall–Kier alpha value is -2.64. The lowest BCUT2D eigenvalue weighted by Crippen LogP contribution is -2.20. The summed E-state index contributed by atoms with van der Waals surface area (Å²) in [6.07, 6.45) is 3.82. The minimum Gasteiger partial charge on any atom is -0.365 e. The van der Waals surface area contributed by atoms with Gasteiger partial charge in [-0.3, -0.25) is 9.59 Å². The molecule has 30 heavy (non-hydrogen) atoms. The van der Waals surface area contributed by atoms with Crippen LogP contribution >= 0.6 is 22.9 Å². The number of rotatable bonds is 5. The van der Waals surface area contributed by atoms with E-state index in [-0.39, 0.29) is 5.56 Å². The van der Waals surface area contributed by atoms with Crippen molar-refractivity contribution < 1.29 is 14.1 Å². The number of nitrogens with two attached hydrogens (primary N) is 1. The number of halogens is 1. The first-order chi connectivity index (χ1) is 14.4. The fourth-order valence-electron chi connectivity index (χ4n) is 3.99. The molecule has 1 aliphatic carbocycles. The van der Waals surface area contributed by atoms with Crippen LogP contribution in [-0.4, -0.2) is 17.0 Å². The zero-order chi connectivity index (χ0) is 21.4. The zero-order valence-electron chi connectivity index (χ0n) is 16.8. The molecule has 0 saturated carbocycles. The summed E-state index contributed by atoms with van der Waals surface area (Å²) >= 11 is 7.73. The molecule has 3 aromatic rings. The molecule has 0 aliphatic heterocycles. The zero-order valence-corrected chi connectivity index (χ0v) is 18.3. The minimum absolute atomic E-state index is 0.288. The van der Waals surface area contributed by atoms with Crippen molar-refractivity contribution in [3.05, 3.63) is 56.6 Å². The molecule has 4 rings (SSSR count). The number of carbonyl (C=O) groups is 2. The maximum Gasteiger partial charge on any atom is 0.262 e. The highest BCUT2D eigenvalue weighted by atomic mass is 35.5. The third kappa shape index (κ3) is 3.63. The van der Waals surface area contributed by atoms with Gasteiger partial charge in [-0.2, -0.15) is 0 Å². The molecule has 1 aromatic carbocycles. The number of nitrogens with one attached hydrogen (secondary N) is 1. The Kier molecular flexibility index (Phi) is 5.66. The van der Waals surface area contributed by atoms with E-state index in [0.717, 1.165) is 36.1 Å². The molecule has 0 saturated heterocycles. The summed E-state index contributed by atoms with van der Waals surface area (Å²) in [5.41, 5.74) is 8.34. The monoisotopic (exact) mass is 443 g/mol. The normalized spacial score (nSPS) is 15.6. The van der Waals surface area contributed by atoms with E-state index in [9.17, 15) is 9.59 Å². The second-order valence-electron chi connectivity index (χ2n) is 7.49. The summed E-state index contributed by atoms with van der Waals surface area (Å²) in [5, 5.41) is 7.89. The van der Waals surface area contributed by atoms with Crippen LogP contribution in [0.4, 0.5) is 5.00 Å². The van der Waals surface area contributed by atoms with E-state index in [1.807, 2.05) is 6.07 Å². The number of fused-ring (bicyclic) bond motifs is 1. The quantitative estimate of drug-likeness (QED) is 0.563. The predicted molar refractivity (Wildman–Crippen MR) is 118 cm³/mol. The fourth-order valence-corrected chi connectivity index (χ4v) is 5.58. The standard InChI is InChI=1S/C22H22ClN3O3S/c1-3-12-8-9-14-16(10-12)30-22(18(14)20(24)27)25-21(28)17-11(2)29-26-19(17)13-6-4-5-7-15(13)23/h4-7,12H,3,8-10H2,1-2H3,(H2,24,27)(H,25,28). The average molecular weight is 444 g/mol. The third-order valence-electron chi connectivity index (χ3n) is 5.64. The number of nitrogens with zero attached hydrogens (tertiary/aromatic N) is 1. The van der Waals surface area contributed by atoms with Gasteiger partial charge in [0.05, 0.1) is 10.6 Å². The summed E-state index contributed by atoms with van der Waals surface area (Å²) in [6, 6.07) is 7.12. The summed E-state index contributed by atoms with van der Waals surface area (Å²) in [6.45, 7) is 3.84. The highest BCUT2D eigenvalue weighted by molar-refractivity contribution is 7.17. The number of thiophene rings is 1. The molecule has 1 aliphatic rings. The number of aromatic nitrogens is 1. The van der Waals surface area contributed by atoms with Crippen molar-refractivity contribution in [2.75, 3.05) is 5.32 Å². The first-order valence-corrected chi connectivity index (χ1v) is 11.1. The molecular formula is C22H22ClN3O3S. The van der Waals surface area contributed by atoms with E-state index in [4.69, 9.17) is 21.9 Å². The number of primary amides is 1. The predicted octanol–water partition coefficient (Wildman–Crippen LogP) is 5.23. The molecule has 3 N–H and O–H groups in total. The lowest BCUT2D eigenvalue weighted by Gasteiger charge is -2.20. The Labute approximate surface area is 183 Å². The number of hydrogen-bond donors (Lipinski definition) is 2. The molecule has 0 spiro atoms. The molecule has 156 valence electrons. The van der Waals surface area contributed by atoms with Crippen molar-refractivity contribution in [2.45, 2.75) is 39.5 Å². The van der Waals surface area contributed by atoms with Crippen molar-refractivity contribution in [3.63, 3.8) is 0 Å². The van der Waals surface area contributed by atoms with Crippen molar-refractivity contribution in [1.82, 2.24) is 5.16 Å². The molecule has 8 heteroatoms. The van der Waals surface area contributed by atoms with Gasteiger partial charge in [0.2, 0.25) is 0 Å². The van der Waals surface area contributed by atoms with Crippen LogP contribution in [0.5, 0.6) is 0 Å². The first-order valence-electron chi connectivity index (χ1n) is 9.87. The first kappa shape index (κ1) is 20.6. The molecule has 1 atom stereocenters. The minimum atomic E-state index is -0.522. The van der Waals surface area contributed by atoms with Crippen LogP contribution in [0, 0.1) is 12.8 Å². The highest BCUT2D eigenvalue weighted by Gasteiger charge is 2.30. The second kappa shape index (κ2) is 8.24. The van der Waals surface area contributed by atoms with E-state index in [1.54, 1.807) is 25.1 Å². The number of benzene rings is 1. The van der Waals surface area contributed by atoms with Gasteiger partial charge in [0, 0.05) is 10.4 Å². The molecule has 0 fully saturated rings. The molecule has 2 aromatic heterocycles. The SMILES string of the molecule is CCC1CCc2c(sc(NC(=O)c3c(-c4ccccc4Cl)noc3C)c2C(N)=O)C1.